The molecule has 1 aromatic heterocycles. The van der Waals surface area contributed by atoms with Gasteiger partial charge in [-0.05, 0) is 47.2 Å². The molecule has 0 bridgehead atoms. The van der Waals surface area contributed by atoms with E-state index < -0.39 is 0 Å². The summed E-state index contributed by atoms with van der Waals surface area (Å²) in [5, 5.41) is 7.10. The van der Waals surface area contributed by atoms with Crippen LogP contribution in [0, 0.1) is 5.41 Å². The highest BCUT2D eigenvalue weighted by Gasteiger charge is 2.32. The smallest absolute Gasteiger partial charge is 0.220 e. The first-order valence-corrected chi connectivity index (χ1v) is 7.66. The van der Waals surface area contributed by atoms with Crippen molar-refractivity contribution in [3.63, 3.8) is 0 Å². The number of nitrogens with one attached hydrogen (secondary N) is 1. The van der Waals surface area contributed by atoms with E-state index in [9.17, 15) is 4.79 Å². The molecule has 1 saturated carbocycles. The Morgan fingerprint density at radius 2 is 2.17 bits per heavy atom. The highest BCUT2D eigenvalue weighted by Crippen LogP contribution is 2.38. The molecular formula is C14H22N2OS. The Morgan fingerprint density at radius 3 is 2.78 bits per heavy atom. The van der Waals surface area contributed by atoms with Gasteiger partial charge in [0, 0.05) is 13.0 Å². The van der Waals surface area contributed by atoms with E-state index in [0.29, 0.717) is 19.5 Å². The van der Waals surface area contributed by atoms with Crippen molar-refractivity contribution >= 4 is 17.2 Å². The van der Waals surface area contributed by atoms with Crippen molar-refractivity contribution in [3.05, 3.63) is 22.4 Å². The van der Waals surface area contributed by atoms with E-state index in [2.05, 4.69) is 10.7 Å². The maximum atomic E-state index is 12.0. The third-order valence-corrected chi connectivity index (χ3v) is 4.68. The fourth-order valence-corrected chi connectivity index (χ4v) is 3.42. The molecule has 1 fully saturated rings. The minimum absolute atomic E-state index is 0.0664. The molecule has 0 atom stereocenters. The molecule has 1 aromatic rings. The number of amides is 1. The van der Waals surface area contributed by atoms with Crippen LogP contribution in [-0.4, -0.2) is 12.5 Å². The van der Waals surface area contributed by atoms with Crippen molar-refractivity contribution in [2.45, 2.75) is 45.1 Å². The monoisotopic (exact) mass is 266 g/mol. The average Bonchev–Trinajstić information content (AvgIpc) is 2.91. The minimum Gasteiger partial charge on any atom is -0.352 e. The van der Waals surface area contributed by atoms with Crippen LogP contribution in [0.1, 0.15) is 44.1 Å². The van der Waals surface area contributed by atoms with E-state index in [0.717, 1.165) is 12.8 Å². The van der Waals surface area contributed by atoms with E-state index in [-0.39, 0.29) is 11.3 Å². The van der Waals surface area contributed by atoms with Crippen LogP contribution in [0.15, 0.2) is 16.8 Å². The van der Waals surface area contributed by atoms with Gasteiger partial charge < -0.3 is 11.1 Å². The lowest BCUT2D eigenvalue weighted by atomic mass is 9.71. The number of hydrogen-bond donors (Lipinski definition) is 2. The van der Waals surface area contributed by atoms with Gasteiger partial charge in [-0.2, -0.15) is 11.3 Å². The van der Waals surface area contributed by atoms with Gasteiger partial charge in [-0.25, -0.2) is 0 Å². The van der Waals surface area contributed by atoms with Gasteiger partial charge in [0.2, 0.25) is 5.91 Å². The van der Waals surface area contributed by atoms with Gasteiger partial charge in [0.05, 0.1) is 0 Å². The van der Waals surface area contributed by atoms with Crippen molar-refractivity contribution in [1.82, 2.24) is 5.32 Å². The second kappa shape index (κ2) is 6.34. The third-order valence-electron chi connectivity index (χ3n) is 3.95. The van der Waals surface area contributed by atoms with Crippen LogP contribution < -0.4 is 11.1 Å². The van der Waals surface area contributed by atoms with E-state index in [1.807, 2.05) is 11.4 Å². The maximum Gasteiger partial charge on any atom is 0.220 e. The molecule has 0 aliphatic heterocycles. The van der Waals surface area contributed by atoms with Crippen LogP contribution in [0.5, 0.6) is 0 Å². The molecular weight excluding hydrogens is 244 g/mol. The van der Waals surface area contributed by atoms with E-state index >= 15 is 0 Å². The number of rotatable bonds is 5. The van der Waals surface area contributed by atoms with Crippen molar-refractivity contribution in [3.8, 4) is 0 Å². The standard InChI is InChI=1S/C14H22N2OS/c15-11-14(5-2-1-3-6-14)8-13(17)16-9-12-4-7-18-10-12/h4,7,10H,1-3,5-6,8-9,11,15H2,(H,16,17). The number of carbonyl (C=O) groups excluding carboxylic acids is 1. The molecule has 0 radical (unpaired) electrons. The van der Waals surface area contributed by atoms with Crippen molar-refractivity contribution < 1.29 is 4.79 Å². The SMILES string of the molecule is NCC1(CC(=O)NCc2ccsc2)CCCCC1. The Balaban J connectivity index is 1.81. The molecule has 4 heteroatoms. The number of thiophene rings is 1. The Morgan fingerprint density at radius 1 is 1.39 bits per heavy atom. The summed E-state index contributed by atoms with van der Waals surface area (Å²) in [5.74, 6) is 0.147. The number of nitrogens with two attached hydrogens (primary N) is 1. The van der Waals surface area contributed by atoms with Gasteiger partial charge in [-0.3, -0.25) is 4.79 Å². The average molecular weight is 266 g/mol. The molecule has 18 heavy (non-hydrogen) atoms. The van der Waals surface area contributed by atoms with Crippen molar-refractivity contribution in [1.29, 1.82) is 0 Å². The van der Waals surface area contributed by atoms with Crippen LogP contribution in [0.3, 0.4) is 0 Å². The Kier molecular flexibility index (Phi) is 4.78. The summed E-state index contributed by atoms with van der Waals surface area (Å²) in [6.45, 7) is 1.28. The largest absolute Gasteiger partial charge is 0.352 e. The van der Waals surface area contributed by atoms with Gasteiger partial charge in [-0.1, -0.05) is 19.3 Å². The highest BCUT2D eigenvalue weighted by atomic mass is 32.1. The molecule has 2 rings (SSSR count). The lowest BCUT2D eigenvalue weighted by Gasteiger charge is -2.35. The quantitative estimate of drug-likeness (QED) is 0.861. The first-order chi connectivity index (χ1) is 8.74. The Hall–Kier alpha value is -0.870. The molecule has 1 aliphatic rings. The first-order valence-electron chi connectivity index (χ1n) is 6.72. The van der Waals surface area contributed by atoms with E-state index in [1.54, 1.807) is 11.3 Å². The van der Waals surface area contributed by atoms with Gasteiger partial charge in [0.25, 0.3) is 0 Å². The Labute approximate surface area is 113 Å². The second-order valence-electron chi connectivity index (χ2n) is 5.35. The topological polar surface area (TPSA) is 55.1 Å². The first kappa shape index (κ1) is 13.6. The molecule has 1 heterocycles. The number of carbonyl (C=O) groups is 1. The van der Waals surface area contributed by atoms with Crippen LogP contribution in [0.25, 0.3) is 0 Å². The minimum atomic E-state index is 0.0664. The van der Waals surface area contributed by atoms with Crippen LogP contribution in [0.2, 0.25) is 0 Å². The number of hydrogen-bond acceptors (Lipinski definition) is 3. The lowest BCUT2D eigenvalue weighted by molar-refractivity contribution is -0.124. The van der Waals surface area contributed by atoms with E-state index in [4.69, 9.17) is 5.73 Å². The fourth-order valence-electron chi connectivity index (χ4n) is 2.75. The van der Waals surface area contributed by atoms with Crippen molar-refractivity contribution in [2.75, 3.05) is 6.54 Å². The van der Waals surface area contributed by atoms with Gasteiger partial charge >= 0.3 is 0 Å². The van der Waals surface area contributed by atoms with Crippen LogP contribution >= 0.6 is 11.3 Å². The summed E-state index contributed by atoms with van der Waals surface area (Å²) in [6, 6.07) is 2.05. The van der Waals surface area contributed by atoms with Crippen LogP contribution in [-0.2, 0) is 11.3 Å². The predicted molar refractivity (Wildman–Crippen MR) is 75.4 cm³/mol. The summed E-state index contributed by atoms with van der Waals surface area (Å²) in [6.07, 6.45) is 6.53. The summed E-state index contributed by atoms with van der Waals surface area (Å²) < 4.78 is 0. The molecule has 0 saturated heterocycles. The molecule has 0 unspecified atom stereocenters. The predicted octanol–water partition coefficient (Wildman–Crippen LogP) is 2.66. The maximum absolute atomic E-state index is 12.0. The second-order valence-corrected chi connectivity index (χ2v) is 6.13. The third kappa shape index (κ3) is 3.56. The Bertz CT molecular complexity index is 369. The summed E-state index contributed by atoms with van der Waals surface area (Å²) in [7, 11) is 0. The molecule has 3 N–H and O–H groups in total. The highest BCUT2D eigenvalue weighted by molar-refractivity contribution is 7.07. The van der Waals surface area contributed by atoms with E-state index in [1.165, 1.54) is 24.8 Å². The molecule has 3 nitrogen and oxygen atoms in total. The summed E-state index contributed by atoms with van der Waals surface area (Å²) in [4.78, 5) is 12.0. The fraction of sp³-hybridized carbons (Fsp3) is 0.643. The lowest BCUT2D eigenvalue weighted by Crippen LogP contribution is -2.38. The van der Waals surface area contributed by atoms with Gasteiger partial charge in [-0.15, -0.1) is 0 Å². The van der Waals surface area contributed by atoms with Crippen LogP contribution in [0.4, 0.5) is 0 Å². The molecule has 1 amide bonds. The van der Waals surface area contributed by atoms with Gasteiger partial charge in [0.1, 0.15) is 0 Å². The summed E-state index contributed by atoms with van der Waals surface area (Å²) >= 11 is 1.66. The molecule has 0 aromatic carbocycles. The summed E-state index contributed by atoms with van der Waals surface area (Å²) in [5.41, 5.74) is 7.14. The molecule has 1 aliphatic carbocycles. The molecule has 0 spiro atoms. The zero-order chi connectivity index (χ0) is 12.8. The zero-order valence-electron chi connectivity index (χ0n) is 10.8. The molecule has 100 valence electrons. The zero-order valence-corrected chi connectivity index (χ0v) is 11.6. The van der Waals surface area contributed by atoms with Crippen molar-refractivity contribution in [2.24, 2.45) is 11.1 Å². The van der Waals surface area contributed by atoms with Gasteiger partial charge in [0.15, 0.2) is 0 Å². The normalized spacial score (nSPS) is 18.5.